The normalized spacial score (nSPS) is 27.6. The Morgan fingerprint density at radius 2 is 1.95 bits per heavy atom. The van der Waals surface area contributed by atoms with Gasteiger partial charge in [0.1, 0.15) is 0 Å². The Balaban J connectivity index is 1.51. The second kappa shape index (κ2) is 5.63. The Morgan fingerprint density at radius 1 is 1.26 bits per heavy atom. The van der Waals surface area contributed by atoms with Crippen LogP contribution in [0.4, 0.5) is 5.95 Å². The molecular formula is C14H20ClN3O. The molecular weight excluding hydrogens is 262 g/mol. The van der Waals surface area contributed by atoms with Gasteiger partial charge in [-0.1, -0.05) is 11.6 Å². The minimum atomic E-state index is 0.346. The number of rotatable bonds is 4. The Hall–Kier alpha value is -0.870. The average molecular weight is 282 g/mol. The fourth-order valence-corrected chi connectivity index (χ4v) is 3.44. The van der Waals surface area contributed by atoms with Crippen molar-refractivity contribution in [1.29, 1.82) is 0 Å². The van der Waals surface area contributed by atoms with Gasteiger partial charge >= 0.3 is 0 Å². The summed E-state index contributed by atoms with van der Waals surface area (Å²) < 4.78 is 0. The standard InChI is InChI=1S/C14H20ClN3O/c15-12-8-16-14(17-9-12)18-4-1-10(2-5-18)13-7-11(13)3-6-19/h8-11,13,19H,1-7H2/t11-,13-/m0/s1. The fourth-order valence-electron chi connectivity index (χ4n) is 3.34. The van der Waals surface area contributed by atoms with Gasteiger partial charge in [0.05, 0.1) is 17.4 Å². The van der Waals surface area contributed by atoms with Gasteiger partial charge in [0.2, 0.25) is 5.95 Å². The smallest absolute Gasteiger partial charge is 0.225 e. The summed E-state index contributed by atoms with van der Waals surface area (Å²) in [5.74, 6) is 3.28. The minimum Gasteiger partial charge on any atom is -0.396 e. The monoisotopic (exact) mass is 281 g/mol. The molecule has 5 heteroatoms. The van der Waals surface area contributed by atoms with Crippen LogP contribution in [0.5, 0.6) is 0 Å². The van der Waals surface area contributed by atoms with Crippen LogP contribution < -0.4 is 4.90 Å². The molecule has 1 aromatic rings. The molecule has 104 valence electrons. The van der Waals surface area contributed by atoms with E-state index in [-0.39, 0.29) is 0 Å². The van der Waals surface area contributed by atoms with Crippen molar-refractivity contribution in [2.75, 3.05) is 24.6 Å². The molecule has 0 bridgehead atoms. The van der Waals surface area contributed by atoms with Crippen LogP contribution in [0.3, 0.4) is 0 Å². The van der Waals surface area contributed by atoms with Crippen molar-refractivity contribution in [1.82, 2.24) is 9.97 Å². The Bertz CT molecular complexity index is 417. The first kappa shape index (κ1) is 13.1. The molecule has 2 atom stereocenters. The molecule has 2 fully saturated rings. The third-order valence-corrected chi connectivity index (χ3v) is 4.71. The largest absolute Gasteiger partial charge is 0.396 e. The van der Waals surface area contributed by atoms with Crippen LogP contribution in [0.1, 0.15) is 25.7 Å². The molecule has 2 aliphatic rings. The van der Waals surface area contributed by atoms with E-state index in [1.807, 2.05) is 0 Å². The number of aliphatic hydroxyl groups is 1. The zero-order valence-corrected chi connectivity index (χ0v) is 11.8. The van der Waals surface area contributed by atoms with Crippen molar-refractivity contribution in [3.05, 3.63) is 17.4 Å². The van der Waals surface area contributed by atoms with Crippen molar-refractivity contribution < 1.29 is 5.11 Å². The molecule has 1 saturated carbocycles. The Morgan fingerprint density at radius 3 is 2.58 bits per heavy atom. The highest BCUT2D eigenvalue weighted by molar-refractivity contribution is 6.30. The minimum absolute atomic E-state index is 0.346. The second-order valence-corrected chi connectivity index (χ2v) is 6.13. The lowest BCUT2D eigenvalue weighted by atomic mass is 9.90. The van der Waals surface area contributed by atoms with Crippen LogP contribution in [-0.4, -0.2) is 34.8 Å². The number of nitrogens with zero attached hydrogens (tertiary/aromatic N) is 3. The van der Waals surface area contributed by atoms with Gasteiger partial charge in [-0.25, -0.2) is 9.97 Å². The summed E-state index contributed by atoms with van der Waals surface area (Å²) in [4.78, 5) is 10.8. The first-order valence-electron chi connectivity index (χ1n) is 7.11. The molecule has 3 rings (SSSR count). The maximum absolute atomic E-state index is 8.97. The van der Waals surface area contributed by atoms with Gasteiger partial charge in [-0.15, -0.1) is 0 Å². The number of aromatic nitrogens is 2. The van der Waals surface area contributed by atoms with Crippen molar-refractivity contribution >= 4 is 17.5 Å². The molecule has 1 aliphatic carbocycles. The number of anilines is 1. The topological polar surface area (TPSA) is 49.2 Å². The highest BCUT2D eigenvalue weighted by Gasteiger charge is 2.42. The lowest BCUT2D eigenvalue weighted by Gasteiger charge is -2.32. The van der Waals surface area contributed by atoms with Crippen molar-refractivity contribution in [3.8, 4) is 0 Å². The van der Waals surface area contributed by atoms with Gasteiger partial charge in [-0.05, 0) is 43.4 Å². The van der Waals surface area contributed by atoms with E-state index >= 15 is 0 Å². The van der Waals surface area contributed by atoms with Crippen molar-refractivity contribution in [3.63, 3.8) is 0 Å². The molecule has 0 aromatic carbocycles. The maximum Gasteiger partial charge on any atom is 0.225 e. The molecule has 0 unspecified atom stereocenters. The van der Waals surface area contributed by atoms with E-state index in [0.29, 0.717) is 11.6 Å². The van der Waals surface area contributed by atoms with Gasteiger partial charge in [-0.2, -0.15) is 0 Å². The first-order chi connectivity index (χ1) is 9.28. The van der Waals surface area contributed by atoms with E-state index < -0.39 is 0 Å². The molecule has 1 aromatic heterocycles. The maximum atomic E-state index is 8.97. The summed E-state index contributed by atoms with van der Waals surface area (Å²) in [7, 11) is 0. The summed E-state index contributed by atoms with van der Waals surface area (Å²) in [6.45, 7) is 2.42. The number of aliphatic hydroxyl groups excluding tert-OH is 1. The molecule has 1 saturated heterocycles. The van der Waals surface area contributed by atoms with Crippen LogP contribution in [0, 0.1) is 17.8 Å². The van der Waals surface area contributed by atoms with Crippen LogP contribution >= 0.6 is 11.6 Å². The molecule has 0 spiro atoms. The van der Waals surface area contributed by atoms with E-state index in [1.54, 1.807) is 12.4 Å². The SMILES string of the molecule is OCC[C@H]1C[C@H]1C1CCN(c2ncc(Cl)cn2)CC1. The highest BCUT2D eigenvalue weighted by atomic mass is 35.5. The molecule has 0 amide bonds. The van der Waals surface area contributed by atoms with E-state index in [4.69, 9.17) is 16.7 Å². The van der Waals surface area contributed by atoms with E-state index in [1.165, 1.54) is 19.3 Å². The fraction of sp³-hybridized carbons (Fsp3) is 0.714. The zero-order valence-electron chi connectivity index (χ0n) is 11.0. The summed E-state index contributed by atoms with van der Waals surface area (Å²) in [6, 6.07) is 0. The highest BCUT2D eigenvalue weighted by Crippen LogP contribution is 2.49. The van der Waals surface area contributed by atoms with E-state index in [0.717, 1.165) is 43.2 Å². The second-order valence-electron chi connectivity index (χ2n) is 5.70. The summed E-state index contributed by atoms with van der Waals surface area (Å²) in [5, 5.41) is 9.56. The Kier molecular flexibility index (Phi) is 3.89. The van der Waals surface area contributed by atoms with E-state index in [2.05, 4.69) is 14.9 Å². The van der Waals surface area contributed by atoms with Gasteiger partial charge in [-0.3, -0.25) is 0 Å². The van der Waals surface area contributed by atoms with Crippen LogP contribution in [0.2, 0.25) is 5.02 Å². The van der Waals surface area contributed by atoms with Crippen LogP contribution in [0.15, 0.2) is 12.4 Å². The Labute approximate surface area is 118 Å². The number of hydrogen-bond acceptors (Lipinski definition) is 4. The molecule has 4 nitrogen and oxygen atoms in total. The third kappa shape index (κ3) is 3.00. The molecule has 1 N–H and O–H groups in total. The summed E-state index contributed by atoms with van der Waals surface area (Å²) in [6.07, 6.45) is 8.08. The van der Waals surface area contributed by atoms with Gasteiger partial charge in [0, 0.05) is 19.7 Å². The van der Waals surface area contributed by atoms with Gasteiger partial charge < -0.3 is 10.0 Å². The quantitative estimate of drug-likeness (QED) is 0.920. The number of hydrogen-bond donors (Lipinski definition) is 1. The van der Waals surface area contributed by atoms with Crippen LogP contribution in [-0.2, 0) is 0 Å². The third-order valence-electron chi connectivity index (χ3n) is 4.51. The van der Waals surface area contributed by atoms with Gasteiger partial charge in [0.25, 0.3) is 0 Å². The number of piperidine rings is 1. The first-order valence-corrected chi connectivity index (χ1v) is 7.49. The molecule has 1 aliphatic heterocycles. The average Bonchev–Trinajstić information content (AvgIpc) is 3.20. The zero-order chi connectivity index (χ0) is 13.2. The molecule has 0 radical (unpaired) electrons. The van der Waals surface area contributed by atoms with Crippen LogP contribution in [0.25, 0.3) is 0 Å². The summed E-state index contributed by atoms with van der Waals surface area (Å²) in [5.41, 5.74) is 0. The predicted molar refractivity (Wildman–Crippen MR) is 75.3 cm³/mol. The summed E-state index contributed by atoms with van der Waals surface area (Å²) >= 11 is 5.81. The molecule has 2 heterocycles. The van der Waals surface area contributed by atoms with Gasteiger partial charge in [0.15, 0.2) is 0 Å². The van der Waals surface area contributed by atoms with E-state index in [9.17, 15) is 0 Å². The number of halogens is 1. The molecule has 19 heavy (non-hydrogen) atoms. The lowest BCUT2D eigenvalue weighted by Crippen LogP contribution is -2.35. The lowest BCUT2D eigenvalue weighted by molar-refractivity contribution is 0.266. The predicted octanol–water partition coefficient (Wildman–Crippen LogP) is 2.36. The van der Waals surface area contributed by atoms with Crippen molar-refractivity contribution in [2.24, 2.45) is 17.8 Å². The van der Waals surface area contributed by atoms with Crippen molar-refractivity contribution in [2.45, 2.75) is 25.7 Å².